The van der Waals surface area contributed by atoms with Gasteiger partial charge >= 0.3 is 17.8 Å². The molecule has 0 saturated heterocycles. The van der Waals surface area contributed by atoms with Gasteiger partial charge in [-0.15, -0.1) is 0 Å². The Hall–Kier alpha value is -3.42. The molecular weight excluding hydrogens is 418 g/mol. The zero-order chi connectivity index (χ0) is 21.8. The molecule has 0 spiro atoms. The van der Waals surface area contributed by atoms with Crippen molar-refractivity contribution in [3.63, 3.8) is 0 Å². The molecule has 0 bridgehead atoms. The van der Waals surface area contributed by atoms with E-state index in [1.807, 2.05) is 0 Å². The van der Waals surface area contributed by atoms with E-state index in [9.17, 15) is 26.3 Å². The molecule has 154 valence electrons. The summed E-state index contributed by atoms with van der Waals surface area (Å²) in [6.07, 6.45) is 3.00. The maximum Gasteiger partial charge on any atom is 0.380 e. The van der Waals surface area contributed by atoms with Gasteiger partial charge in [0.25, 0.3) is 0 Å². The lowest BCUT2D eigenvalue weighted by Gasteiger charge is -2.23. The van der Waals surface area contributed by atoms with Gasteiger partial charge in [0, 0.05) is 45.1 Å². The predicted molar refractivity (Wildman–Crippen MR) is 105 cm³/mol. The van der Waals surface area contributed by atoms with Crippen molar-refractivity contribution in [2.75, 3.05) is 0 Å². The first-order valence-electron chi connectivity index (χ1n) is 9.33. The number of alkyl halides is 6. The Morgan fingerprint density at radius 2 is 0.935 bits per heavy atom. The minimum atomic E-state index is -5.57. The number of pyridine rings is 2. The van der Waals surface area contributed by atoms with Gasteiger partial charge in [-0.05, 0) is 35.0 Å². The number of benzene rings is 3. The van der Waals surface area contributed by atoms with Crippen LogP contribution in [0.5, 0.6) is 0 Å². The van der Waals surface area contributed by atoms with E-state index in [1.54, 1.807) is 24.3 Å². The van der Waals surface area contributed by atoms with E-state index in [4.69, 9.17) is 0 Å². The molecule has 0 unspecified atom stereocenters. The summed E-state index contributed by atoms with van der Waals surface area (Å²) in [5.41, 5.74) is -1.81. The number of hydrogen-bond donors (Lipinski definition) is 0. The minimum Gasteiger partial charge on any atom is -0.256 e. The summed E-state index contributed by atoms with van der Waals surface area (Å²) < 4.78 is 88.6. The molecule has 0 saturated carbocycles. The van der Waals surface area contributed by atoms with Crippen LogP contribution < -0.4 is 0 Å². The predicted octanol–water partition coefficient (Wildman–Crippen LogP) is 6.92. The molecule has 0 radical (unpaired) electrons. The van der Waals surface area contributed by atoms with Gasteiger partial charge < -0.3 is 0 Å². The first-order valence-corrected chi connectivity index (χ1v) is 9.33. The van der Waals surface area contributed by atoms with Gasteiger partial charge in [0.2, 0.25) is 0 Å². The zero-order valence-corrected chi connectivity index (χ0v) is 15.4. The maximum atomic E-state index is 14.9. The van der Waals surface area contributed by atoms with Crippen LogP contribution in [0.1, 0.15) is 11.1 Å². The van der Waals surface area contributed by atoms with Crippen molar-refractivity contribution in [1.29, 1.82) is 0 Å². The topological polar surface area (TPSA) is 25.8 Å². The van der Waals surface area contributed by atoms with Crippen LogP contribution in [0.2, 0.25) is 0 Å². The van der Waals surface area contributed by atoms with Gasteiger partial charge in [-0.3, -0.25) is 9.97 Å². The number of halogens is 6. The van der Waals surface area contributed by atoms with E-state index in [0.29, 0.717) is 21.8 Å². The van der Waals surface area contributed by atoms with Crippen LogP contribution >= 0.6 is 0 Å². The Kier molecular flexibility index (Phi) is 3.22. The Labute approximate surface area is 170 Å². The van der Waals surface area contributed by atoms with Crippen LogP contribution in [0.25, 0.3) is 43.4 Å². The van der Waals surface area contributed by atoms with Gasteiger partial charge in [0.15, 0.2) is 0 Å². The summed E-state index contributed by atoms with van der Waals surface area (Å²) in [7, 11) is 0. The highest BCUT2D eigenvalue weighted by Gasteiger charge is 2.80. The third-order valence-corrected chi connectivity index (χ3v) is 6.03. The van der Waals surface area contributed by atoms with Gasteiger partial charge in [-0.25, -0.2) is 0 Å². The van der Waals surface area contributed by atoms with Crippen molar-refractivity contribution in [3.8, 4) is 0 Å². The summed E-state index contributed by atoms with van der Waals surface area (Å²) in [5, 5.41) is 0.455. The molecule has 0 amide bonds. The van der Waals surface area contributed by atoms with Crippen molar-refractivity contribution in [2.24, 2.45) is 0 Å². The second-order valence-electron chi connectivity index (χ2n) is 7.59. The molecule has 2 nitrogen and oxygen atoms in total. The monoisotopic (exact) mass is 428 g/mol. The molecule has 3 aromatic carbocycles. The van der Waals surface area contributed by atoms with Gasteiger partial charge in [-0.1, -0.05) is 24.3 Å². The highest BCUT2D eigenvalue weighted by atomic mass is 19.3. The largest absolute Gasteiger partial charge is 0.380 e. The molecule has 0 aliphatic heterocycles. The molecule has 1 aliphatic rings. The Bertz CT molecular complexity index is 1460. The maximum absolute atomic E-state index is 14.9. The molecule has 8 heteroatoms. The van der Waals surface area contributed by atoms with E-state index >= 15 is 0 Å². The SMILES string of the molecule is FC1(F)c2c(c3ccc4ncccc4c3c3c2ccc2ncccc23)C(F)(F)C1(F)F. The fourth-order valence-electron chi connectivity index (χ4n) is 4.69. The van der Waals surface area contributed by atoms with E-state index < -0.39 is 28.9 Å². The standard InChI is InChI=1S/C23H10F6N2/c24-21(25)19-13-5-7-15-11(3-1-9-30-15)17(13)18-12-4-2-10-31-16(12)8-6-14(18)20(19)22(26,27)23(21,28)29/h1-10H. The van der Waals surface area contributed by atoms with Crippen LogP contribution in [0, 0.1) is 0 Å². The molecule has 2 heterocycles. The summed E-state index contributed by atoms with van der Waals surface area (Å²) >= 11 is 0. The average molecular weight is 428 g/mol. The Morgan fingerprint density at radius 1 is 0.516 bits per heavy atom. The fourth-order valence-corrected chi connectivity index (χ4v) is 4.69. The Morgan fingerprint density at radius 3 is 1.35 bits per heavy atom. The average Bonchev–Trinajstić information content (AvgIpc) is 2.87. The van der Waals surface area contributed by atoms with Crippen molar-refractivity contribution in [2.45, 2.75) is 17.8 Å². The lowest BCUT2D eigenvalue weighted by molar-refractivity contribution is -0.301. The van der Waals surface area contributed by atoms with Crippen LogP contribution in [0.3, 0.4) is 0 Å². The number of fused-ring (bicyclic) bond motifs is 10. The number of hydrogen-bond acceptors (Lipinski definition) is 2. The normalized spacial score (nSPS) is 18.8. The van der Waals surface area contributed by atoms with Gasteiger partial charge in [0.05, 0.1) is 11.0 Å². The molecule has 1 aliphatic carbocycles. The summed E-state index contributed by atoms with van der Waals surface area (Å²) in [4.78, 5) is 8.41. The lowest BCUT2D eigenvalue weighted by Crippen LogP contribution is -2.43. The summed E-state index contributed by atoms with van der Waals surface area (Å²) in [6.45, 7) is 0. The molecule has 2 aromatic heterocycles. The fraction of sp³-hybridized carbons (Fsp3) is 0.130. The molecular formula is C23H10F6N2. The minimum absolute atomic E-state index is 0.172. The third-order valence-electron chi connectivity index (χ3n) is 6.03. The molecule has 6 rings (SSSR count). The summed E-state index contributed by atoms with van der Waals surface area (Å²) in [5.74, 6) is -15.7. The van der Waals surface area contributed by atoms with E-state index in [0.717, 1.165) is 0 Å². The molecule has 0 atom stereocenters. The second kappa shape index (κ2) is 5.43. The van der Waals surface area contributed by atoms with Crippen LogP contribution in [0.15, 0.2) is 60.9 Å². The molecule has 0 fully saturated rings. The lowest BCUT2D eigenvalue weighted by atomic mass is 9.88. The van der Waals surface area contributed by atoms with Crippen LogP contribution in [-0.4, -0.2) is 15.9 Å². The van der Waals surface area contributed by atoms with E-state index in [-0.39, 0.29) is 21.5 Å². The highest BCUT2D eigenvalue weighted by molar-refractivity contribution is 6.28. The summed E-state index contributed by atoms with van der Waals surface area (Å²) in [6, 6.07) is 11.4. The number of rotatable bonds is 0. The van der Waals surface area contributed by atoms with E-state index in [2.05, 4.69) is 9.97 Å². The number of aromatic nitrogens is 2. The quantitative estimate of drug-likeness (QED) is 0.198. The molecule has 0 N–H and O–H groups in total. The second-order valence-corrected chi connectivity index (χ2v) is 7.59. The van der Waals surface area contributed by atoms with Crippen molar-refractivity contribution in [3.05, 3.63) is 72.1 Å². The first-order chi connectivity index (χ1) is 14.7. The van der Waals surface area contributed by atoms with Gasteiger partial charge in [0.1, 0.15) is 0 Å². The number of nitrogens with zero attached hydrogens (tertiary/aromatic N) is 2. The third kappa shape index (κ3) is 1.96. The van der Waals surface area contributed by atoms with Crippen LogP contribution in [-0.2, 0) is 11.8 Å². The van der Waals surface area contributed by atoms with Crippen LogP contribution in [0.4, 0.5) is 26.3 Å². The first kappa shape index (κ1) is 18.4. The van der Waals surface area contributed by atoms with Crippen molar-refractivity contribution >= 4 is 43.4 Å². The van der Waals surface area contributed by atoms with Gasteiger partial charge in [-0.2, -0.15) is 26.3 Å². The highest BCUT2D eigenvalue weighted by Crippen LogP contribution is 2.66. The van der Waals surface area contributed by atoms with Crippen molar-refractivity contribution < 1.29 is 26.3 Å². The van der Waals surface area contributed by atoms with E-state index in [1.165, 1.54) is 36.7 Å². The Balaban J connectivity index is 2.03. The molecule has 31 heavy (non-hydrogen) atoms. The molecule has 5 aromatic rings. The smallest absolute Gasteiger partial charge is 0.256 e. The van der Waals surface area contributed by atoms with Crippen molar-refractivity contribution in [1.82, 2.24) is 9.97 Å². The zero-order valence-electron chi connectivity index (χ0n) is 15.4.